The number of carbonyl (C=O) groups excluding carboxylic acids is 2. The number of carbonyl (C=O) groups is 2. The van der Waals surface area contributed by atoms with E-state index in [0.29, 0.717) is 23.6 Å². The topological polar surface area (TPSA) is 72.8 Å². The number of benzene rings is 2. The normalized spacial score (nSPS) is 25.5. The summed E-state index contributed by atoms with van der Waals surface area (Å²) in [6.07, 6.45) is 6.82. The molecule has 3 heterocycles. The molecule has 0 spiro atoms. The molecule has 9 heteroatoms. The fraction of sp³-hybridized carbons (Fsp3) is 0.438. The fourth-order valence-electron chi connectivity index (χ4n) is 6.56. The number of rotatable bonds is 2. The molecular weight excluding hydrogens is 536 g/mol. The Morgan fingerprint density at radius 1 is 1.07 bits per heavy atom. The van der Waals surface area contributed by atoms with Gasteiger partial charge in [0.2, 0.25) is 6.23 Å². The van der Waals surface area contributed by atoms with Gasteiger partial charge in [-0.25, -0.2) is 0 Å². The van der Waals surface area contributed by atoms with Crippen molar-refractivity contribution in [3.63, 3.8) is 0 Å². The lowest BCUT2D eigenvalue weighted by atomic mass is 9.81. The molecule has 3 unspecified atom stereocenters. The molecule has 2 aliphatic heterocycles. The molecule has 1 fully saturated rings. The standard InChI is InChI=1S/C32H38N4O4S/c1-19-34(3)32(38)24-15-23-16-25(39-5)12-14-26(23)30-29(21-9-7-6-8-10-21)27-13-11-22(17-28(27)35(30)18-24)31(37)33-36(4,41)20(2)40-19/h11-17,19-21,41H,6-10,18H2,1-5H3/p+1. The predicted molar refractivity (Wildman–Crippen MR) is 163 cm³/mol. The molecular formula is C32H39N4O4S+. The van der Waals surface area contributed by atoms with E-state index in [9.17, 15) is 9.59 Å². The third kappa shape index (κ3) is 4.83. The number of thiol groups is 1. The number of ether oxygens (including phenoxy) is 2. The van der Waals surface area contributed by atoms with E-state index in [1.165, 1.54) is 24.8 Å². The Labute approximate surface area is 247 Å². The van der Waals surface area contributed by atoms with Gasteiger partial charge in [0.25, 0.3) is 11.8 Å². The van der Waals surface area contributed by atoms with Crippen LogP contribution < -0.4 is 10.2 Å². The van der Waals surface area contributed by atoms with Crippen LogP contribution in [0.4, 0.5) is 0 Å². The highest BCUT2D eigenvalue weighted by atomic mass is 32.1. The molecule has 1 N–H and O–H groups in total. The van der Waals surface area contributed by atoms with Crippen LogP contribution in [0.2, 0.25) is 0 Å². The summed E-state index contributed by atoms with van der Waals surface area (Å²) in [5.41, 5.74) is 9.60. The number of hydrogen-bond donors (Lipinski definition) is 2. The highest BCUT2D eigenvalue weighted by Crippen LogP contribution is 2.47. The van der Waals surface area contributed by atoms with E-state index < -0.39 is 12.5 Å². The van der Waals surface area contributed by atoms with Gasteiger partial charge in [-0.15, -0.1) is 4.00 Å². The van der Waals surface area contributed by atoms with Crippen molar-refractivity contribution >= 4 is 41.6 Å². The SMILES string of the molecule is COc1ccc2c(c1)C=C1Cn3c-2c(C2CCCCC2)c2ccc(cc23)C(=O)N[N+](C)(S)C(C)OC(C)N(C)C1=O. The van der Waals surface area contributed by atoms with Crippen molar-refractivity contribution in [3.05, 3.63) is 58.7 Å². The van der Waals surface area contributed by atoms with Crippen molar-refractivity contribution < 1.29 is 23.1 Å². The Hall–Kier alpha value is -3.27. The highest BCUT2D eigenvalue weighted by molar-refractivity contribution is 7.74. The number of fused-ring (bicyclic) bond motifs is 4. The van der Waals surface area contributed by atoms with E-state index in [2.05, 4.69) is 22.1 Å². The van der Waals surface area contributed by atoms with Crippen molar-refractivity contribution in [2.45, 2.75) is 70.9 Å². The van der Waals surface area contributed by atoms with Gasteiger partial charge in [0.15, 0.2) is 0 Å². The second-order valence-electron chi connectivity index (χ2n) is 11.8. The molecule has 0 radical (unpaired) electrons. The van der Waals surface area contributed by atoms with Gasteiger partial charge in [0.05, 0.1) is 32.2 Å². The molecule has 6 rings (SSSR count). The van der Waals surface area contributed by atoms with Gasteiger partial charge in [-0.1, -0.05) is 25.3 Å². The molecule has 2 amide bonds. The number of amides is 2. The van der Waals surface area contributed by atoms with Gasteiger partial charge in [-0.05, 0) is 73.2 Å². The molecule has 216 valence electrons. The quantitative estimate of drug-likeness (QED) is 0.296. The van der Waals surface area contributed by atoms with E-state index in [-0.39, 0.29) is 15.8 Å². The zero-order valence-corrected chi connectivity index (χ0v) is 25.3. The Balaban J connectivity index is 1.66. The Bertz CT molecular complexity index is 1570. The molecule has 2 aromatic carbocycles. The molecule has 3 atom stereocenters. The summed E-state index contributed by atoms with van der Waals surface area (Å²) in [6.45, 7) is 4.05. The fourth-order valence-corrected chi connectivity index (χ4v) is 6.71. The lowest BCUT2D eigenvalue weighted by Crippen LogP contribution is -2.58. The highest BCUT2D eigenvalue weighted by Gasteiger charge is 2.36. The molecule has 41 heavy (non-hydrogen) atoms. The van der Waals surface area contributed by atoms with Gasteiger partial charge in [0, 0.05) is 41.6 Å². The second kappa shape index (κ2) is 10.5. The maximum absolute atomic E-state index is 14.1. The zero-order valence-electron chi connectivity index (χ0n) is 24.4. The maximum atomic E-state index is 14.1. The van der Waals surface area contributed by atoms with Crippen LogP contribution in [0.5, 0.6) is 5.75 Å². The molecule has 8 nitrogen and oxygen atoms in total. The van der Waals surface area contributed by atoms with Gasteiger partial charge in [-0.2, -0.15) is 5.43 Å². The Morgan fingerprint density at radius 3 is 2.56 bits per heavy atom. The average molecular weight is 576 g/mol. The smallest absolute Gasteiger partial charge is 0.297 e. The molecule has 1 saturated carbocycles. The van der Waals surface area contributed by atoms with Crippen LogP contribution in [-0.4, -0.2) is 58.9 Å². The summed E-state index contributed by atoms with van der Waals surface area (Å²) in [5.74, 6) is 0.798. The third-order valence-corrected chi connectivity index (χ3v) is 9.55. The van der Waals surface area contributed by atoms with Crippen LogP contribution in [0.3, 0.4) is 0 Å². The monoisotopic (exact) mass is 575 g/mol. The Morgan fingerprint density at radius 2 is 1.83 bits per heavy atom. The van der Waals surface area contributed by atoms with E-state index in [1.807, 2.05) is 44.2 Å². The van der Waals surface area contributed by atoms with E-state index in [4.69, 9.17) is 22.3 Å². The van der Waals surface area contributed by atoms with E-state index in [1.54, 1.807) is 26.1 Å². The minimum absolute atomic E-state index is 0.113. The molecule has 4 bridgehead atoms. The van der Waals surface area contributed by atoms with Crippen molar-refractivity contribution in [1.82, 2.24) is 14.9 Å². The minimum atomic E-state index is -0.560. The van der Waals surface area contributed by atoms with Crippen molar-refractivity contribution in [2.24, 2.45) is 0 Å². The van der Waals surface area contributed by atoms with Crippen LogP contribution in [0.15, 0.2) is 42.0 Å². The first kappa shape index (κ1) is 27.9. The summed E-state index contributed by atoms with van der Waals surface area (Å²) in [6, 6.07) is 12.1. The lowest BCUT2D eigenvalue weighted by Gasteiger charge is -2.36. The molecule has 0 saturated heterocycles. The number of likely N-dealkylation sites (N-methyl/N-ethyl adjacent to an activating group) is 1. The zero-order chi connectivity index (χ0) is 29.1. The predicted octanol–water partition coefficient (Wildman–Crippen LogP) is 5.88. The number of quaternary nitrogens is 1. The van der Waals surface area contributed by atoms with E-state index in [0.717, 1.165) is 46.3 Å². The molecule has 1 aliphatic carbocycles. The van der Waals surface area contributed by atoms with Gasteiger partial charge in [0.1, 0.15) is 19.0 Å². The summed E-state index contributed by atoms with van der Waals surface area (Å²) < 4.78 is 13.9. The first-order valence-electron chi connectivity index (χ1n) is 14.5. The van der Waals surface area contributed by atoms with Crippen LogP contribution in [0.25, 0.3) is 28.2 Å². The number of nitrogens with one attached hydrogen (secondary N) is 1. The summed E-state index contributed by atoms with van der Waals surface area (Å²) in [7, 11) is 5.18. The van der Waals surface area contributed by atoms with Gasteiger partial charge >= 0.3 is 0 Å². The van der Waals surface area contributed by atoms with Crippen LogP contribution >= 0.6 is 12.8 Å². The first-order valence-corrected chi connectivity index (χ1v) is 14.9. The minimum Gasteiger partial charge on any atom is -0.497 e. The summed E-state index contributed by atoms with van der Waals surface area (Å²) in [5, 5.41) is 1.15. The Kier molecular flexibility index (Phi) is 7.16. The maximum Gasteiger partial charge on any atom is 0.297 e. The number of nitrogens with zero attached hydrogens (tertiary/aromatic N) is 3. The number of hydrogen-bond acceptors (Lipinski definition) is 5. The van der Waals surface area contributed by atoms with Crippen LogP contribution in [0.1, 0.15) is 73.4 Å². The first-order chi connectivity index (χ1) is 19.6. The average Bonchev–Trinajstić information content (AvgIpc) is 3.18. The molecule has 3 aromatic rings. The summed E-state index contributed by atoms with van der Waals surface area (Å²) >= 11 is 4.71. The second-order valence-corrected chi connectivity index (χ2v) is 12.6. The van der Waals surface area contributed by atoms with Crippen molar-refractivity contribution in [2.75, 3.05) is 21.2 Å². The third-order valence-electron chi connectivity index (χ3n) is 9.12. The van der Waals surface area contributed by atoms with Gasteiger partial charge < -0.3 is 18.9 Å². The summed E-state index contributed by atoms with van der Waals surface area (Å²) in [4.78, 5) is 29.3. The van der Waals surface area contributed by atoms with Crippen LogP contribution in [-0.2, 0) is 16.1 Å². The van der Waals surface area contributed by atoms with Crippen molar-refractivity contribution in [3.8, 4) is 17.0 Å². The molecule has 1 aromatic heterocycles. The molecule has 3 aliphatic rings. The lowest BCUT2D eigenvalue weighted by molar-refractivity contribution is -0.861. The van der Waals surface area contributed by atoms with Gasteiger partial charge in [-0.3, -0.25) is 9.59 Å². The number of aromatic nitrogens is 1. The largest absolute Gasteiger partial charge is 0.497 e. The van der Waals surface area contributed by atoms with Crippen molar-refractivity contribution in [1.29, 1.82) is 0 Å². The van der Waals surface area contributed by atoms with Crippen LogP contribution in [0, 0.1) is 0 Å². The van der Waals surface area contributed by atoms with E-state index >= 15 is 0 Å². The number of methoxy groups -OCH3 is 1.